The van der Waals surface area contributed by atoms with Crippen LogP contribution in [0.5, 0.6) is 0 Å². The highest BCUT2D eigenvalue weighted by atomic mass is 32.2. The zero-order valence-corrected chi connectivity index (χ0v) is 31.1. The van der Waals surface area contributed by atoms with Crippen molar-refractivity contribution in [1.82, 2.24) is 26.2 Å². The molecule has 0 aromatic rings. The van der Waals surface area contributed by atoms with E-state index in [1.165, 1.54) is 0 Å². The van der Waals surface area contributed by atoms with Gasteiger partial charge in [0.15, 0.2) is 9.84 Å². The summed E-state index contributed by atoms with van der Waals surface area (Å²) >= 11 is 0. The lowest BCUT2D eigenvalue weighted by Gasteiger charge is -2.43. The van der Waals surface area contributed by atoms with Crippen LogP contribution in [0, 0.1) is 29.1 Å². The smallest absolute Gasteiger partial charge is 0.315 e. The van der Waals surface area contributed by atoms with Gasteiger partial charge in [0.2, 0.25) is 17.6 Å². The third-order valence-electron chi connectivity index (χ3n) is 13.1. The van der Waals surface area contributed by atoms with E-state index in [4.69, 9.17) is 0 Å². The predicted molar refractivity (Wildman–Crippen MR) is 188 cm³/mol. The fraction of sp³-hybridized carbons (Fsp3) is 0.865. The molecule has 2 saturated heterocycles. The summed E-state index contributed by atoms with van der Waals surface area (Å²) in [5.74, 6) is -1.76. The van der Waals surface area contributed by atoms with Gasteiger partial charge in [0, 0.05) is 13.1 Å². The van der Waals surface area contributed by atoms with Gasteiger partial charge in [0.1, 0.15) is 12.1 Å². The van der Waals surface area contributed by atoms with Crippen molar-refractivity contribution in [2.24, 2.45) is 29.1 Å². The van der Waals surface area contributed by atoms with Crippen LogP contribution in [0.3, 0.4) is 0 Å². The van der Waals surface area contributed by atoms with Gasteiger partial charge in [-0.15, -0.1) is 0 Å². The Balaban J connectivity index is 1.22. The summed E-state index contributed by atoms with van der Waals surface area (Å²) < 4.78 is 26.3. The molecule has 6 rings (SSSR count). The fourth-order valence-corrected chi connectivity index (χ4v) is 12.4. The fourth-order valence-electron chi connectivity index (χ4n) is 10.0. The number of sulfone groups is 1. The van der Waals surface area contributed by atoms with Crippen LogP contribution >= 0.6 is 0 Å². The number of hydrogen-bond donors (Lipinski definition) is 4. The number of likely N-dealkylation sites (tertiary alicyclic amines) is 1. The summed E-state index contributed by atoms with van der Waals surface area (Å²) in [7, 11) is -3.34. The highest BCUT2D eigenvalue weighted by Gasteiger charge is 2.70. The molecule has 6 aliphatic rings. The number of carbonyl (C=O) groups excluding carboxylic acids is 5. The minimum absolute atomic E-state index is 0.101. The molecular formula is C37H59N5O7S. The van der Waals surface area contributed by atoms with Crippen molar-refractivity contribution in [3.63, 3.8) is 0 Å². The molecule has 6 atom stereocenters. The molecule has 4 N–H and O–H groups in total. The number of nitrogens with one attached hydrogen (secondary N) is 4. The lowest BCUT2D eigenvalue weighted by molar-refractivity contribution is -0.145. The number of urea groups is 1. The lowest BCUT2D eigenvalue weighted by Crippen LogP contribution is -2.64. The standard InChI is InChI=1S/C37H59N5O7S/c1-4-19-38-33(45)31(43)26(21-23-15-16-23)39-32(44)30-28-25(36(28,2)3)22-42(30)34(46)29(24-12-7-5-8-13-24)40-35(47)41-37(17-9-6-10-18-37)27-14-11-20-50(27,48)49/h23-30H,4-22H2,1-3H3,(H,38,45)(H,39,44)(H2,40,41,47)/t25-,26-,27+,28-,29-,30-/m0/s1. The molecule has 0 aromatic heterocycles. The minimum atomic E-state index is -3.34. The highest BCUT2D eigenvalue weighted by Crippen LogP contribution is 2.65. The maximum atomic E-state index is 14.7. The number of carbonyl (C=O) groups is 5. The first kappa shape index (κ1) is 37.1. The van der Waals surface area contributed by atoms with Crippen molar-refractivity contribution in [2.75, 3.05) is 18.8 Å². The Morgan fingerprint density at radius 2 is 1.54 bits per heavy atom. The van der Waals surface area contributed by atoms with Crippen LogP contribution in [-0.2, 0) is 29.0 Å². The summed E-state index contributed by atoms with van der Waals surface area (Å²) in [6.45, 7) is 6.85. The summed E-state index contributed by atoms with van der Waals surface area (Å²) in [4.78, 5) is 70.5. The molecule has 50 heavy (non-hydrogen) atoms. The van der Waals surface area contributed by atoms with Gasteiger partial charge in [-0.3, -0.25) is 19.2 Å². The van der Waals surface area contributed by atoms with Crippen molar-refractivity contribution in [3.8, 4) is 0 Å². The van der Waals surface area contributed by atoms with E-state index in [-0.39, 0.29) is 40.7 Å². The van der Waals surface area contributed by atoms with Crippen LogP contribution in [0.1, 0.15) is 124 Å². The van der Waals surface area contributed by atoms with E-state index in [1.807, 2.05) is 6.92 Å². The molecule has 2 aliphatic heterocycles. The zero-order valence-electron chi connectivity index (χ0n) is 30.3. The molecule has 6 fully saturated rings. The summed E-state index contributed by atoms with van der Waals surface area (Å²) in [5, 5.41) is 11.1. The van der Waals surface area contributed by atoms with Gasteiger partial charge in [-0.05, 0) is 80.5 Å². The van der Waals surface area contributed by atoms with E-state index in [2.05, 4.69) is 35.1 Å². The van der Waals surface area contributed by atoms with Gasteiger partial charge in [0.25, 0.3) is 5.91 Å². The van der Waals surface area contributed by atoms with Crippen LogP contribution in [0.25, 0.3) is 0 Å². The maximum Gasteiger partial charge on any atom is 0.315 e. The molecule has 4 saturated carbocycles. The van der Waals surface area contributed by atoms with Gasteiger partial charge in [-0.25, -0.2) is 13.2 Å². The Kier molecular flexibility index (Phi) is 10.9. The summed E-state index contributed by atoms with van der Waals surface area (Å²) in [6.07, 6.45) is 12.4. The van der Waals surface area contributed by atoms with Crippen LogP contribution in [-0.4, -0.2) is 90.6 Å². The third kappa shape index (κ3) is 7.58. The van der Waals surface area contributed by atoms with Crippen LogP contribution in [0.4, 0.5) is 4.79 Å². The number of piperidine rings is 1. The van der Waals surface area contributed by atoms with Gasteiger partial charge < -0.3 is 26.2 Å². The zero-order chi connectivity index (χ0) is 35.8. The SMILES string of the molecule is CCCNC(=O)C(=O)[C@H](CC1CC1)NC(=O)[C@@H]1[C@@H]2[C@H](CN1C(=O)[C@@H](NC(=O)NC1([C@H]3CCCS3(=O)=O)CCCCC1)C1CCCCC1)C2(C)C. The Hall–Kier alpha value is -2.70. The Morgan fingerprint density at radius 1 is 0.860 bits per heavy atom. The van der Waals surface area contributed by atoms with Gasteiger partial charge in [-0.2, -0.15) is 0 Å². The van der Waals surface area contributed by atoms with Crippen molar-refractivity contribution in [2.45, 2.75) is 152 Å². The van der Waals surface area contributed by atoms with E-state index in [9.17, 15) is 32.4 Å². The minimum Gasteiger partial charge on any atom is -0.349 e. The number of fused-ring (bicyclic) bond motifs is 1. The average Bonchev–Trinajstić information content (AvgIpc) is 3.88. The number of Topliss-reactive ketones (excluding diaryl/α,β-unsaturated/α-hetero) is 1. The molecule has 13 heteroatoms. The molecular weight excluding hydrogens is 659 g/mol. The Morgan fingerprint density at radius 3 is 2.16 bits per heavy atom. The van der Waals surface area contributed by atoms with Crippen molar-refractivity contribution < 1.29 is 32.4 Å². The first-order valence-corrected chi connectivity index (χ1v) is 21.2. The molecule has 0 aromatic carbocycles. The molecule has 4 aliphatic carbocycles. The molecule has 280 valence electrons. The average molecular weight is 718 g/mol. The van der Waals surface area contributed by atoms with Crippen LogP contribution < -0.4 is 21.3 Å². The topological polar surface area (TPSA) is 171 Å². The van der Waals surface area contributed by atoms with Crippen molar-refractivity contribution in [1.29, 1.82) is 0 Å². The molecule has 0 bridgehead atoms. The lowest BCUT2D eigenvalue weighted by atomic mass is 9.78. The molecule has 12 nitrogen and oxygen atoms in total. The predicted octanol–water partition coefficient (Wildman–Crippen LogP) is 3.38. The Bertz CT molecular complexity index is 1430. The maximum absolute atomic E-state index is 14.7. The largest absolute Gasteiger partial charge is 0.349 e. The summed E-state index contributed by atoms with van der Waals surface area (Å²) in [5.41, 5.74) is -1.02. The van der Waals surface area contributed by atoms with Gasteiger partial charge in [-0.1, -0.05) is 72.1 Å². The molecule has 0 radical (unpaired) electrons. The number of amides is 5. The van der Waals surface area contributed by atoms with Crippen molar-refractivity contribution >= 4 is 39.4 Å². The first-order chi connectivity index (χ1) is 23.8. The van der Waals surface area contributed by atoms with Gasteiger partial charge in [0.05, 0.1) is 22.6 Å². The molecule has 5 amide bonds. The quantitative estimate of drug-likeness (QED) is 0.212. The number of rotatable bonds is 13. The Labute approximate surface area is 297 Å². The third-order valence-corrected chi connectivity index (χ3v) is 15.6. The van der Waals surface area contributed by atoms with Crippen molar-refractivity contribution in [3.05, 3.63) is 0 Å². The van der Waals surface area contributed by atoms with E-state index in [0.717, 1.165) is 64.2 Å². The van der Waals surface area contributed by atoms with E-state index < -0.39 is 62.4 Å². The van der Waals surface area contributed by atoms with E-state index in [1.54, 1.807) is 4.90 Å². The second-order valence-corrected chi connectivity index (χ2v) is 19.2. The number of ketones is 1. The molecule has 0 spiro atoms. The number of hydrogen-bond acceptors (Lipinski definition) is 7. The van der Waals surface area contributed by atoms with Crippen LogP contribution in [0.15, 0.2) is 0 Å². The summed E-state index contributed by atoms with van der Waals surface area (Å²) in [6, 6.07) is -3.16. The monoisotopic (exact) mass is 717 g/mol. The second kappa shape index (κ2) is 14.7. The first-order valence-electron chi connectivity index (χ1n) is 19.5. The van der Waals surface area contributed by atoms with E-state index >= 15 is 0 Å². The number of nitrogens with zero attached hydrogens (tertiary/aromatic N) is 1. The van der Waals surface area contributed by atoms with Gasteiger partial charge >= 0.3 is 6.03 Å². The van der Waals surface area contributed by atoms with Crippen LogP contribution in [0.2, 0.25) is 0 Å². The highest BCUT2D eigenvalue weighted by molar-refractivity contribution is 7.92. The molecule has 2 heterocycles. The normalized spacial score (nSPS) is 30.7. The van der Waals surface area contributed by atoms with E-state index in [0.29, 0.717) is 51.6 Å². The second-order valence-electron chi connectivity index (χ2n) is 16.9. The molecule has 0 unspecified atom stereocenters.